The highest BCUT2D eigenvalue weighted by molar-refractivity contribution is 5.51. The summed E-state index contributed by atoms with van der Waals surface area (Å²) in [5, 5.41) is 18.1. The average molecular weight is 299 g/mol. The predicted molar refractivity (Wildman–Crippen MR) is 81.3 cm³/mol. The van der Waals surface area contributed by atoms with Gasteiger partial charge in [-0.3, -0.25) is 0 Å². The molecular weight excluding hydrogens is 281 g/mol. The highest BCUT2D eigenvalue weighted by Crippen LogP contribution is 2.27. The van der Waals surface area contributed by atoms with Gasteiger partial charge in [0.15, 0.2) is 5.82 Å². The Balaban J connectivity index is 1.98. The first-order chi connectivity index (χ1) is 10.7. The summed E-state index contributed by atoms with van der Waals surface area (Å²) in [6.07, 6.45) is 4.45. The van der Waals surface area contributed by atoms with Crippen LogP contribution in [-0.2, 0) is 0 Å². The van der Waals surface area contributed by atoms with Gasteiger partial charge in [-0.1, -0.05) is 6.92 Å². The lowest BCUT2D eigenvalue weighted by Crippen LogP contribution is -2.39. The van der Waals surface area contributed by atoms with Crippen molar-refractivity contribution in [2.45, 2.75) is 38.6 Å². The molecule has 2 heterocycles. The van der Waals surface area contributed by atoms with Crippen molar-refractivity contribution in [1.82, 2.24) is 15.0 Å². The van der Waals surface area contributed by atoms with Crippen molar-refractivity contribution in [2.24, 2.45) is 0 Å². The number of anilines is 1. The second kappa shape index (κ2) is 6.14. The molecule has 1 saturated heterocycles. The Labute approximate surface area is 129 Å². The number of halogens is 1. The van der Waals surface area contributed by atoms with E-state index in [-0.39, 0.29) is 5.82 Å². The lowest BCUT2D eigenvalue weighted by molar-refractivity contribution is 0.446. The first kappa shape index (κ1) is 14.5. The van der Waals surface area contributed by atoms with Crippen molar-refractivity contribution in [2.75, 3.05) is 11.4 Å². The van der Waals surface area contributed by atoms with E-state index in [4.69, 9.17) is 0 Å². The number of piperidine rings is 1. The fourth-order valence-corrected chi connectivity index (χ4v) is 2.96. The van der Waals surface area contributed by atoms with Gasteiger partial charge in [0.2, 0.25) is 5.69 Å². The summed E-state index contributed by atoms with van der Waals surface area (Å²) in [6, 6.07) is 8.46. The van der Waals surface area contributed by atoms with Gasteiger partial charge in [-0.2, -0.15) is 5.26 Å². The molecule has 114 valence electrons. The molecule has 6 heteroatoms. The molecule has 1 fully saturated rings. The minimum Gasteiger partial charge on any atom is -0.350 e. The van der Waals surface area contributed by atoms with Crippen LogP contribution in [0.1, 0.15) is 38.3 Å². The number of rotatable bonds is 3. The van der Waals surface area contributed by atoms with E-state index in [0.717, 1.165) is 25.8 Å². The molecule has 0 amide bonds. The Morgan fingerprint density at radius 2 is 2.05 bits per heavy atom. The van der Waals surface area contributed by atoms with Crippen LogP contribution < -0.4 is 4.90 Å². The van der Waals surface area contributed by atoms with Crippen LogP contribution in [0.4, 0.5) is 10.2 Å². The second-order valence-corrected chi connectivity index (χ2v) is 5.50. The molecule has 0 unspecified atom stereocenters. The molecule has 1 aromatic carbocycles. The molecule has 3 rings (SSSR count). The summed E-state index contributed by atoms with van der Waals surface area (Å²) in [4.78, 5) is 3.60. The van der Waals surface area contributed by atoms with Crippen LogP contribution in [0.5, 0.6) is 0 Å². The molecule has 0 N–H and O–H groups in total. The van der Waals surface area contributed by atoms with E-state index < -0.39 is 0 Å². The van der Waals surface area contributed by atoms with Gasteiger partial charge in [-0.05, 0) is 49.9 Å². The summed E-state index contributed by atoms with van der Waals surface area (Å²) in [6.45, 7) is 3.05. The standard InChI is InChI=1S/C16H18FN5/c1-2-13-5-3-4-10-21(13)16-15(11-18)19-22(20-16)14-8-6-12(17)7-9-14/h6-9,13H,2-5,10H2,1H3/t13-/m1/s1. The lowest BCUT2D eigenvalue weighted by Gasteiger charge is -2.35. The summed E-state index contributed by atoms with van der Waals surface area (Å²) in [7, 11) is 0. The van der Waals surface area contributed by atoms with Crippen LogP contribution in [-0.4, -0.2) is 27.6 Å². The van der Waals surface area contributed by atoms with Gasteiger partial charge >= 0.3 is 0 Å². The largest absolute Gasteiger partial charge is 0.350 e. The lowest BCUT2D eigenvalue weighted by atomic mass is 10.00. The van der Waals surface area contributed by atoms with Crippen molar-refractivity contribution >= 4 is 5.82 Å². The number of aromatic nitrogens is 3. The van der Waals surface area contributed by atoms with Crippen molar-refractivity contribution in [3.63, 3.8) is 0 Å². The van der Waals surface area contributed by atoms with Crippen molar-refractivity contribution in [3.05, 3.63) is 35.8 Å². The second-order valence-electron chi connectivity index (χ2n) is 5.50. The summed E-state index contributed by atoms with van der Waals surface area (Å²) < 4.78 is 13.0. The monoisotopic (exact) mass is 299 g/mol. The van der Waals surface area contributed by atoms with E-state index in [1.54, 1.807) is 12.1 Å². The van der Waals surface area contributed by atoms with Crippen LogP contribution in [0.3, 0.4) is 0 Å². The smallest absolute Gasteiger partial charge is 0.207 e. The molecular formula is C16H18FN5. The fraction of sp³-hybridized carbons (Fsp3) is 0.438. The maximum absolute atomic E-state index is 13.0. The van der Waals surface area contributed by atoms with Gasteiger partial charge < -0.3 is 4.90 Å². The zero-order valence-electron chi connectivity index (χ0n) is 12.5. The third-order valence-electron chi connectivity index (χ3n) is 4.13. The Morgan fingerprint density at radius 3 is 2.73 bits per heavy atom. The van der Waals surface area contributed by atoms with Crippen LogP contribution in [0.15, 0.2) is 24.3 Å². The maximum atomic E-state index is 13.0. The number of hydrogen-bond acceptors (Lipinski definition) is 4. The zero-order chi connectivity index (χ0) is 15.5. The molecule has 1 atom stereocenters. The maximum Gasteiger partial charge on any atom is 0.207 e. The molecule has 0 spiro atoms. The van der Waals surface area contributed by atoms with Crippen LogP contribution in [0.25, 0.3) is 5.69 Å². The number of nitrogens with zero attached hydrogens (tertiary/aromatic N) is 5. The van der Waals surface area contributed by atoms with Gasteiger partial charge in [0, 0.05) is 12.6 Å². The molecule has 1 aromatic heterocycles. The number of benzene rings is 1. The fourth-order valence-electron chi connectivity index (χ4n) is 2.96. The Kier molecular flexibility index (Phi) is 4.05. The molecule has 0 radical (unpaired) electrons. The first-order valence-electron chi connectivity index (χ1n) is 7.63. The van der Waals surface area contributed by atoms with Crippen molar-refractivity contribution in [1.29, 1.82) is 5.26 Å². The van der Waals surface area contributed by atoms with Gasteiger partial charge in [-0.15, -0.1) is 15.0 Å². The predicted octanol–water partition coefficient (Wildman–Crippen LogP) is 3.05. The van der Waals surface area contributed by atoms with E-state index in [1.165, 1.54) is 23.4 Å². The molecule has 1 aliphatic heterocycles. The van der Waals surface area contributed by atoms with Crippen LogP contribution >= 0.6 is 0 Å². The summed E-state index contributed by atoms with van der Waals surface area (Å²) >= 11 is 0. The van der Waals surface area contributed by atoms with E-state index in [9.17, 15) is 9.65 Å². The molecule has 1 aliphatic rings. The van der Waals surface area contributed by atoms with E-state index in [2.05, 4.69) is 28.1 Å². The normalized spacial score (nSPS) is 18.2. The molecule has 22 heavy (non-hydrogen) atoms. The molecule has 0 saturated carbocycles. The number of nitriles is 1. The summed E-state index contributed by atoms with van der Waals surface area (Å²) in [5.41, 5.74) is 0.971. The highest BCUT2D eigenvalue weighted by atomic mass is 19.1. The van der Waals surface area contributed by atoms with Gasteiger partial charge in [-0.25, -0.2) is 4.39 Å². The van der Waals surface area contributed by atoms with E-state index in [1.807, 2.05) is 0 Å². The first-order valence-corrected chi connectivity index (χ1v) is 7.63. The molecule has 0 bridgehead atoms. The zero-order valence-corrected chi connectivity index (χ0v) is 12.5. The quantitative estimate of drug-likeness (QED) is 0.874. The third kappa shape index (κ3) is 2.67. The van der Waals surface area contributed by atoms with E-state index >= 15 is 0 Å². The molecule has 5 nitrogen and oxygen atoms in total. The molecule has 0 aliphatic carbocycles. The van der Waals surface area contributed by atoms with Crippen LogP contribution in [0.2, 0.25) is 0 Å². The Hall–Kier alpha value is -2.42. The van der Waals surface area contributed by atoms with Crippen molar-refractivity contribution in [3.8, 4) is 11.8 Å². The van der Waals surface area contributed by atoms with Crippen LogP contribution in [0, 0.1) is 17.1 Å². The minimum atomic E-state index is -0.307. The minimum absolute atomic E-state index is 0.307. The highest BCUT2D eigenvalue weighted by Gasteiger charge is 2.26. The number of hydrogen-bond donors (Lipinski definition) is 0. The van der Waals surface area contributed by atoms with E-state index in [0.29, 0.717) is 23.2 Å². The Bertz CT molecular complexity index is 686. The van der Waals surface area contributed by atoms with Gasteiger partial charge in [0.05, 0.1) is 5.69 Å². The Morgan fingerprint density at radius 1 is 1.27 bits per heavy atom. The van der Waals surface area contributed by atoms with Crippen molar-refractivity contribution < 1.29 is 4.39 Å². The average Bonchev–Trinajstić information content (AvgIpc) is 2.99. The summed E-state index contributed by atoms with van der Waals surface area (Å²) in [5.74, 6) is 0.331. The SMILES string of the molecule is CC[C@@H]1CCCCN1c1nn(-c2ccc(F)cc2)nc1C#N. The topological polar surface area (TPSA) is 57.7 Å². The third-order valence-corrected chi connectivity index (χ3v) is 4.13. The molecule has 2 aromatic rings. The van der Waals surface area contributed by atoms with Gasteiger partial charge in [0.25, 0.3) is 0 Å². The van der Waals surface area contributed by atoms with Gasteiger partial charge in [0.1, 0.15) is 11.9 Å².